The van der Waals surface area contributed by atoms with Gasteiger partial charge in [0.1, 0.15) is 17.5 Å². The summed E-state index contributed by atoms with van der Waals surface area (Å²) in [5.74, 6) is 0.650. The van der Waals surface area contributed by atoms with Gasteiger partial charge in [0.25, 0.3) is 0 Å². The van der Waals surface area contributed by atoms with Crippen molar-refractivity contribution in [1.29, 1.82) is 0 Å². The SMILES string of the molecule is Cn1cc(-c2c(N)nn3ccc(N4CCCC4)nc23)cn1.Fc1ccc(F)cc1. The first-order valence-electron chi connectivity index (χ1n) is 9.31. The van der Waals surface area contributed by atoms with E-state index in [1.807, 2.05) is 25.5 Å². The monoisotopic (exact) mass is 397 g/mol. The number of benzene rings is 1. The Labute approximate surface area is 166 Å². The van der Waals surface area contributed by atoms with Crippen molar-refractivity contribution >= 4 is 17.3 Å². The zero-order valence-corrected chi connectivity index (χ0v) is 16.0. The molecule has 1 saturated heterocycles. The van der Waals surface area contributed by atoms with Crippen molar-refractivity contribution in [3.8, 4) is 11.1 Å². The molecule has 1 aromatic carbocycles. The fraction of sp³-hybridized carbons (Fsp3) is 0.250. The number of anilines is 2. The van der Waals surface area contributed by atoms with E-state index in [4.69, 9.17) is 10.7 Å². The summed E-state index contributed by atoms with van der Waals surface area (Å²) in [4.78, 5) is 7.07. The van der Waals surface area contributed by atoms with Crippen LogP contribution in [0.15, 0.2) is 48.9 Å². The molecule has 3 aromatic heterocycles. The standard InChI is InChI=1S/C14H17N7.C6H4F2/c1-19-9-10(8-16-19)12-13(15)18-21-7-4-11(17-14(12)21)20-5-2-3-6-20;7-5-1-2-6(8)4-3-5/h4,7-9H,2-3,5-6H2,1H3,(H2,15,18);1-4H. The van der Waals surface area contributed by atoms with Crippen LogP contribution in [-0.4, -0.2) is 37.5 Å². The van der Waals surface area contributed by atoms with E-state index in [2.05, 4.69) is 15.1 Å². The lowest BCUT2D eigenvalue weighted by Crippen LogP contribution is -2.19. The van der Waals surface area contributed by atoms with Gasteiger partial charge in [-0.05, 0) is 43.2 Å². The minimum Gasteiger partial charge on any atom is -0.382 e. The predicted molar refractivity (Wildman–Crippen MR) is 107 cm³/mol. The van der Waals surface area contributed by atoms with Gasteiger partial charge in [0.2, 0.25) is 0 Å². The van der Waals surface area contributed by atoms with Crippen molar-refractivity contribution in [3.05, 3.63) is 60.6 Å². The Morgan fingerprint density at radius 1 is 1.00 bits per heavy atom. The summed E-state index contributed by atoms with van der Waals surface area (Å²) in [7, 11) is 1.88. The van der Waals surface area contributed by atoms with Gasteiger partial charge in [0.15, 0.2) is 11.5 Å². The van der Waals surface area contributed by atoms with Crippen LogP contribution in [0.2, 0.25) is 0 Å². The third-order valence-corrected chi connectivity index (χ3v) is 4.72. The Hall–Kier alpha value is -3.49. The maximum Gasteiger partial charge on any atom is 0.167 e. The van der Waals surface area contributed by atoms with E-state index in [0.29, 0.717) is 5.82 Å². The molecular weight excluding hydrogens is 376 g/mol. The lowest BCUT2D eigenvalue weighted by atomic mass is 10.2. The molecule has 2 N–H and O–H groups in total. The summed E-state index contributed by atoms with van der Waals surface area (Å²) in [6.45, 7) is 2.13. The molecule has 7 nitrogen and oxygen atoms in total. The topological polar surface area (TPSA) is 77.3 Å². The highest BCUT2D eigenvalue weighted by Gasteiger charge is 2.18. The number of halogens is 2. The minimum absolute atomic E-state index is 0.411. The van der Waals surface area contributed by atoms with Gasteiger partial charge in [0, 0.05) is 38.1 Å². The largest absolute Gasteiger partial charge is 0.382 e. The Morgan fingerprint density at radius 2 is 1.66 bits per heavy atom. The summed E-state index contributed by atoms with van der Waals surface area (Å²) >= 11 is 0. The molecule has 1 fully saturated rings. The van der Waals surface area contributed by atoms with Gasteiger partial charge in [-0.2, -0.15) is 5.10 Å². The first-order chi connectivity index (χ1) is 14.0. The van der Waals surface area contributed by atoms with E-state index in [-0.39, 0.29) is 0 Å². The van der Waals surface area contributed by atoms with Crippen LogP contribution in [0, 0.1) is 11.6 Å². The third kappa shape index (κ3) is 4.03. The summed E-state index contributed by atoms with van der Waals surface area (Å²) in [6, 6.07) is 6.31. The smallest absolute Gasteiger partial charge is 0.167 e. The number of rotatable bonds is 2. The number of aromatic nitrogens is 5. The molecule has 0 bridgehead atoms. The second-order valence-corrected chi connectivity index (χ2v) is 6.85. The van der Waals surface area contributed by atoms with Gasteiger partial charge < -0.3 is 10.6 Å². The molecule has 4 heterocycles. The summed E-state index contributed by atoms with van der Waals surface area (Å²) < 4.78 is 27.3. The van der Waals surface area contributed by atoms with E-state index in [9.17, 15) is 8.78 Å². The van der Waals surface area contributed by atoms with Crippen molar-refractivity contribution in [2.75, 3.05) is 23.7 Å². The molecule has 0 spiro atoms. The Morgan fingerprint density at radius 3 is 2.24 bits per heavy atom. The first-order valence-corrected chi connectivity index (χ1v) is 9.31. The number of fused-ring (bicyclic) bond motifs is 1. The van der Waals surface area contributed by atoms with Crippen LogP contribution >= 0.6 is 0 Å². The molecule has 0 radical (unpaired) electrons. The van der Waals surface area contributed by atoms with E-state index < -0.39 is 11.6 Å². The van der Waals surface area contributed by atoms with Crippen molar-refractivity contribution in [1.82, 2.24) is 24.4 Å². The van der Waals surface area contributed by atoms with E-state index in [0.717, 1.165) is 59.9 Å². The lowest BCUT2D eigenvalue weighted by molar-refractivity contribution is 0.600. The van der Waals surface area contributed by atoms with Gasteiger partial charge in [-0.3, -0.25) is 4.68 Å². The zero-order valence-electron chi connectivity index (χ0n) is 16.0. The molecule has 150 valence electrons. The third-order valence-electron chi connectivity index (χ3n) is 4.72. The Bertz CT molecular complexity index is 1090. The number of nitrogen functional groups attached to an aromatic ring is 1. The second-order valence-electron chi connectivity index (χ2n) is 6.85. The highest BCUT2D eigenvalue weighted by Crippen LogP contribution is 2.30. The van der Waals surface area contributed by atoms with E-state index in [1.165, 1.54) is 12.8 Å². The molecule has 9 heteroatoms. The average Bonchev–Trinajstić information content (AvgIpc) is 3.43. The number of hydrogen-bond acceptors (Lipinski definition) is 5. The molecule has 4 aromatic rings. The van der Waals surface area contributed by atoms with Crippen molar-refractivity contribution < 1.29 is 8.78 Å². The number of nitrogens with two attached hydrogens (primary N) is 1. The van der Waals surface area contributed by atoms with E-state index >= 15 is 0 Å². The molecular formula is C20H21F2N7. The number of aryl methyl sites for hydroxylation is 1. The Balaban J connectivity index is 0.000000216. The zero-order chi connectivity index (χ0) is 20.4. The highest BCUT2D eigenvalue weighted by molar-refractivity contribution is 5.86. The predicted octanol–water partition coefficient (Wildman–Crippen LogP) is 3.28. The van der Waals surface area contributed by atoms with Gasteiger partial charge >= 0.3 is 0 Å². The van der Waals surface area contributed by atoms with Crippen LogP contribution in [0.25, 0.3) is 16.8 Å². The van der Waals surface area contributed by atoms with Crippen LogP contribution < -0.4 is 10.6 Å². The number of hydrogen-bond donors (Lipinski definition) is 1. The quantitative estimate of drug-likeness (QED) is 0.562. The molecule has 1 aliphatic rings. The molecule has 29 heavy (non-hydrogen) atoms. The molecule has 0 atom stereocenters. The Kier molecular flexibility index (Phi) is 5.11. The van der Waals surface area contributed by atoms with E-state index in [1.54, 1.807) is 15.4 Å². The van der Waals surface area contributed by atoms with Crippen molar-refractivity contribution in [2.24, 2.45) is 7.05 Å². The second kappa shape index (κ2) is 7.86. The minimum atomic E-state index is -0.411. The maximum absolute atomic E-state index is 11.9. The number of nitrogens with zero attached hydrogens (tertiary/aromatic N) is 6. The maximum atomic E-state index is 11.9. The van der Waals surface area contributed by atoms with Crippen LogP contribution in [-0.2, 0) is 7.05 Å². The summed E-state index contributed by atoms with van der Waals surface area (Å²) in [5, 5.41) is 8.55. The van der Waals surface area contributed by atoms with Crippen molar-refractivity contribution in [3.63, 3.8) is 0 Å². The summed E-state index contributed by atoms with van der Waals surface area (Å²) in [5.41, 5.74) is 8.65. The molecule has 5 rings (SSSR count). The molecule has 1 aliphatic heterocycles. The first kappa shape index (κ1) is 18.9. The van der Waals surface area contributed by atoms with Crippen molar-refractivity contribution in [2.45, 2.75) is 12.8 Å². The fourth-order valence-corrected chi connectivity index (χ4v) is 3.32. The lowest BCUT2D eigenvalue weighted by Gasteiger charge is -2.15. The molecule has 0 saturated carbocycles. The molecule has 0 amide bonds. The van der Waals surface area contributed by atoms with Crippen LogP contribution in [0.1, 0.15) is 12.8 Å². The average molecular weight is 397 g/mol. The summed E-state index contributed by atoms with van der Waals surface area (Å²) in [6.07, 6.45) is 8.09. The van der Waals surface area contributed by atoms with Crippen LogP contribution in [0.4, 0.5) is 20.4 Å². The van der Waals surface area contributed by atoms with Gasteiger partial charge in [-0.1, -0.05) is 0 Å². The van der Waals surface area contributed by atoms with Crippen LogP contribution in [0.3, 0.4) is 0 Å². The highest BCUT2D eigenvalue weighted by atomic mass is 19.1. The molecule has 0 aliphatic carbocycles. The van der Waals surface area contributed by atoms with Gasteiger partial charge in [-0.15, -0.1) is 5.10 Å². The van der Waals surface area contributed by atoms with Gasteiger partial charge in [0.05, 0.1) is 11.8 Å². The van der Waals surface area contributed by atoms with Crippen LogP contribution in [0.5, 0.6) is 0 Å². The van der Waals surface area contributed by atoms with Gasteiger partial charge in [-0.25, -0.2) is 18.3 Å². The normalized spacial score (nSPS) is 13.6. The molecule has 0 unspecified atom stereocenters. The fourth-order valence-electron chi connectivity index (χ4n) is 3.32.